The highest BCUT2D eigenvalue weighted by Crippen LogP contribution is 2.44. The molecule has 0 radical (unpaired) electrons. The fraction of sp³-hybridized carbons (Fsp3) is 0.793. The molecule has 0 nitrogen and oxygen atoms in total. The van der Waals surface area contributed by atoms with Gasteiger partial charge in [0.05, 0.1) is 0 Å². The molecule has 0 aromatic heterocycles. The third-order valence-electron chi connectivity index (χ3n) is 7.63. The average molecular weight is 399 g/mol. The van der Waals surface area contributed by atoms with Crippen LogP contribution in [0.25, 0.3) is 0 Å². The molecular formula is C29H50. The molecular weight excluding hydrogens is 348 g/mol. The zero-order valence-corrected chi connectivity index (χ0v) is 20.2. The molecule has 1 saturated carbocycles. The van der Waals surface area contributed by atoms with Crippen molar-refractivity contribution in [2.24, 2.45) is 5.41 Å². The van der Waals surface area contributed by atoms with Crippen molar-refractivity contribution >= 4 is 0 Å². The molecule has 0 bridgehead atoms. The second-order valence-electron chi connectivity index (χ2n) is 10.1. The Bertz CT molecular complexity index is 535. The van der Waals surface area contributed by atoms with Gasteiger partial charge in [0, 0.05) is 0 Å². The van der Waals surface area contributed by atoms with Crippen molar-refractivity contribution in [1.82, 2.24) is 0 Å². The van der Waals surface area contributed by atoms with Crippen LogP contribution in [0, 0.1) is 12.3 Å². The molecule has 2 rings (SSSR count). The van der Waals surface area contributed by atoms with Gasteiger partial charge in [-0.05, 0) is 74.0 Å². The van der Waals surface area contributed by atoms with Crippen LogP contribution < -0.4 is 0 Å². The minimum atomic E-state index is 0.661. The van der Waals surface area contributed by atoms with E-state index in [0.717, 1.165) is 0 Å². The molecule has 29 heavy (non-hydrogen) atoms. The molecule has 0 amide bonds. The van der Waals surface area contributed by atoms with E-state index in [-0.39, 0.29) is 0 Å². The highest BCUT2D eigenvalue weighted by atomic mass is 14.4. The van der Waals surface area contributed by atoms with E-state index in [1.54, 1.807) is 16.7 Å². The van der Waals surface area contributed by atoms with Gasteiger partial charge < -0.3 is 0 Å². The minimum Gasteiger partial charge on any atom is -0.0654 e. The first-order chi connectivity index (χ1) is 14.2. The Morgan fingerprint density at radius 1 is 0.690 bits per heavy atom. The van der Waals surface area contributed by atoms with Gasteiger partial charge in [0.2, 0.25) is 0 Å². The number of rotatable bonds is 15. The van der Waals surface area contributed by atoms with Gasteiger partial charge in [0.25, 0.3) is 0 Å². The summed E-state index contributed by atoms with van der Waals surface area (Å²) in [5, 5.41) is 0. The van der Waals surface area contributed by atoms with Crippen molar-refractivity contribution in [3.63, 3.8) is 0 Å². The normalized spacial score (nSPS) is 16.2. The van der Waals surface area contributed by atoms with Crippen molar-refractivity contribution in [2.75, 3.05) is 0 Å². The van der Waals surface area contributed by atoms with Gasteiger partial charge in [-0.2, -0.15) is 0 Å². The van der Waals surface area contributed by atoms with E-state index in [9.17, 15) is 0 Å². The Balaban J connectivity index is 1.81. The molecule has 0 N–H and O–H groups in total. The quantitative estimate of drug-likeness (QED) is 0.258. The number of hydrogen-bond donors (Lipinski definition) is 0. The van der Waals surface area contributed by atoms with Crippen LogP contribution in [0.4, 0.5) is 0 Å². The van der Waals surface area contributed by atoms with Crippen LogP contribution in [-0.2, 0) is 12.8 Å². The Morgan fingerprint density at radius 2 is 1.34 bits per heavy atom. The smallest absolute Gasteiger partial charge is 0.0271 e. The maximum atomic E-state index is 2.48. The van der Waals surface area contributed by atoms with Gasteiger partial charge in [-0.3, -0.25) is 0 Å². The lowest BCUT2D eigenvalue weighted by molar-refractivity contribution is 0.152. The van der Waals surface area contributed by atoms with Crippen molar-refractivity contribution < 1.29 is 0 Å². The Hall–Kier alpha value is -0.780. The molecule has 1 fully saturated rings. The van der Waals surface area contributed by atoms with Crippen LogP contribution in [0.1, 0.15) is 140 Å². The molecule has 166 valence electrons. The number of benzene rings is 1. The second-order valence-corrected chi connectivity index (χ2v) is 10.1. The number of hydrogen-bond acceptors (Lipinski definition) is 0. The SMILES string of the molecule is CCCCCCCCCC1(CCc2ccc(CCCCC)cc2C)CCCCC1. The molecule has 0 unspecified atom stereocenters. The first kappa shape index (κ1) is 24.5. The van der Waals surface area contributed by atoms with Crippen LogP contribution >= 0.6 is 0 Å². The molecule has 0 atom stereocenters. The van der Waals surface area contributed by atoms with E-state index in [1.807, 2.05) is 0 Å². The van der Waals surface area contributed by atoms with Crippen molar-refractivity contribution in [3.05, 3.63) is 34.9 Å². The van der Waals surface area contributed by atoms with Crippen LogP contribution in [0.2, 0.25) is 0 Å². The minimum absolute atomic E-state index is 0.661. The zero-order valence-electron chi connectivity index (χ0n) is 20.2. The Morgan fingerprint density at radius 3 is 2.03 bits per heavy atom. The highest BCUT2D eigenvalue weighted by Gasteiger charge is 2.31. The van der Waals surface area contributed by atoms with Crippen molar-refractivity contribution in [1.29, 1.82) is 0 Å². The third-order valence-corrected chi connectivity index (χ3v) is 7.63. The van der Waals surface area contributed by atoms with Gasteiger partial charge in [-0.15, -0.1) is 0 Å². The summed E-state index contributed by atoms with van der Waals surface area (Å²) in [5.74, 6) is 0. The molecule has 1 aliphatic rings. The van der Waals surface area contributed by atoms with Crippen LogP contribution in [-0.4, -0.2) is 0 Å². The predicted octanol–water partition coefficient (Wildman–Crippen LogP) is 9.75. The van der Waals surface area contributed by atoms with Crippen LogP contribution in [0.15, 0.2) is 18.2 Å². The van der Waals surface area contributed by atoms with Crippen LogP contribution in [0.3, 0.4) is 0 Å². The van der Waals surface area contributed by atoms with Gasteiger partial charge in [0.15, 0.2) is 0 Å². The molecule has 0 saturated heterocycles. The van der Waals surface area contributed by atoms with E-state index >= 15 is 0 Å². The predicted molar refractivity (Wildman–Crippen MR) is 131 cm³/mol. The lowest BCUT2D eigenvalue weighted by Crippen LogP contribution is -2.25. The Kier molecular flexibility index (Phi) is 12.0. The highest BCUT2D eigenvalue weighted by molar-refractivity contribution is 5.31. The van der Waals surface area contributed by atoms with Crippen molar-refractivity contribution in [3.8, 4) is 0 Å². The topological polar surface area (TPSA) is 0 Å². The first-order valence-corrected chi connectivity index (χ1v) is 13.3. The average Bonchev–Trinajstić information content (AvgIpc) is 2.73. The molecule has 0 heterocycles. The number of aryl methyl sites for hydroxylation is 3. The summed E-state index contributed by atoms with van der Waals surface area (Å²) >= 11 is 0. The van der Waals surface area contributed by atoms with E-state index in [0.29, 0.717) is 5.41 Å². The van der Waals surface area contributed by atoms with Gasteiger partial charge in [-0.1, -0.05) is 109 Å². The van der Waals surface area contributed by atoms with E-state index in [4.69, 9.17) is 0 Å². The van der Waals surface area contributed by atoms with Gasteiger partial charge in [0.1, 0.15) is 0 Å². The summed E-state index contributed by atoms with van der Waals surface area (Å²) in [6.45, 7) is 6.96. The third kappa shape index (κ3) is 9.27. The first-order valence-electron chi connectivity index (χ1n) is 13.3. The zero-order chi connectivity index (χ0) is 20.8. The summed E-state index contributed by atoms with van der Waals surface area (Å²) in [5.41, 5.74) is 5.37. The van der Waals surface area contributed by atoms with Gasteiger partial charge in [-0.25, -0.2) is 0 Å². The molecule has 0 heteroatoms. The number of unbranched alkanes of at least 4 members (excludes halogenated alkanes) is 8. The summed E-state index contributed by atoms with van der Waals surface area (Å²) < 4.78 is 0. The van der Waals surface area contributed by atoms with E-state index in [2.05, 4.69) is 39.0 Å². The second kappa shape index (κ2) is 14.3. The maximum Gasteiger partial charge on any atom is -0.0271 e. The molecule has 1 aromatic rings. The van der Waals surface area contributed by atoms with Gasteiger partial charge >= 0.3 is 0 Å². The van der Waals surface area contributed by atoms with E-state index < -0.39 is 0 Å². The molecule has 1 aliphatic carbocycles. The molecule has 1 aromatic carbocycles. The van der Waals surface area contributed by atoms with Crippen LogP contribution in [0.5, 0.6) is 0 Å². The summed E-state index contributed by atoms with van der Waals surface area (Å²) in [6.07, 6.45) is 27.1. The summed E-state index contributed by atoms with van der Waals surface area (Å²) in [4.78, 5) is 0. The largest absolute Gasteiger partial charge is 0.0654 e. The Labute approximate surface area is 183 Å². The molecule has 0 aliphatic heterocycles. The fourth-order valence-corrected chi connectivity index (χ4v) is 5.56. The van der Waals surface area contributed by atoms with Crippen molar-refractivity contribution in [2.45, 2.75) is 143 Å². The summed E-state index contributed by atoms with van der Waals surface area (Å²) in [7, 11) is 0. The fourth-order valence-electron chi connectivity index (χ4n) is 5.56. The standard InChI is InChI=1S/C29H50/c1-4-6-8-9-10-11-14-21-29(22-15-12-16-23-29)24-20-28-19-18-27(25-26(28)3)17-13-7-5-2/h18-19,25H,4-17,20-24H2,1-3H3. The monoisotopic (exact) mass is 398 g/mol. The lowest BCUT2D eigenvalue weighted by Gasteiger charge is -2.38. The summed E-state index contributed by atoms with van der Waals surface area (Å²) in [6, 6.07) is 7.36. The van der Waals surface area contributed by atoms with E-state index in [1.165, 1.54) is 122 Å². The molecule has 0 spiro atoms. The lowest BCUT2D eigenvalue weighted by atomic mass is 9.67. The maximum absolute atomic E-state index is 2.48.